The molecule has 0 atom stereocenters. The van der Waals surface area contributed by atoms with Crippen LogP contribution in [0.5, 0.6) is 11.5 Å². The van der Waals surface area contributed by atoms with Crippen molar-refractivity contribution in [3.05, 3.63) is 64.7 Å². The summed E-state index contributed by atoms with van der Waals surface area (Å²) in [6, 6.07) is 11.9. The summed E-state index contributed by atoms with van der Waals surface area (Å²) in [6.07, 6.45) is 0. The highest BCUT2D eigenvalue weighted by atomic mass is 32.1. The first-order valence-corrected chi connectivity index (χ1v) is 8.43. The molecule has 0 aliphatic carbocycles. The Bertz CT molecular complexity index is 908. The van der Waals surface area contributed by atoms with E-state index in [0.717, 1.165) is 11.3 Å². The van der Waals surface area contributed by atoms with Crippen molar-refractivity contribution in [2.45, 2.75) is 13.5 Å². The van der Waals surface area contributed by atoms with Crippen LogP contribution in [0.2, 0.25) is 0 Å². The van der Waals surface area contributed by atoms with Crippen molar-refractivity contribution in [3.63, 3.8) is 0 Å². The quantitative estimate of drug-likeness (QED) is 0.608. The number of carbonyl (C=O) groups is 1. The number of benzene rings is 2. The van der Waals surface area contributed by atoms with Gasteiger partial charge in [0, 0.05) is 11.1 Å². The number of phenolic OH excluding ortho intramolecular Hbond substituents is 1. The molecular weight excluding hydrogens is 338 g/mol. The van der Waals surface area contributed by atoms with Gasteiger partial charge in [0.2, 0.25) is 0 Å². The van der Waals surface area contributed by atoms with Crippen LogP contribution >= 0.6 is 11.3 Å². The second-order valence-corrected chi connectivity index (χ2v) is 6.32. The second-order valence-electron chi connectivity index (χ2n) is 5.46. The minimum Gasteiger partial charge on any atom is -0.507 e. The molecule has 0 bridgehead atoms. The zero-order valence-electron chi connectivity index (χ0n) is 13.5. The molecule has 0 radical (unpaired) electrons. The lowest BCUT2D eigenvalue weighted by Crippen LogP contribution is -2.12. The molecule has 1 heterocycles. The molecule has 2 aromatic carbocycles. The minimum atomic E-state index is -0.443. The predicted octanol–water partition coefficient (Wildman–Crippen LogP) is 3.57. The minimum absolute atomic E-state index is 0.123. The molecular formula is C18H17N3O3S. The monoisotopic (exact) mass is 355 g/mol. The van der Waals surface area contributed by atoms with Crippen LogP contribution in [0.3, 0.4) is 0 Å². The Balaban J connectivity index is 1.72. The Labute approximate surface area is 148 Å². The lowest BCUT2D eigenvalue weighted by molar-refractivity contribution is 0.102. The number of thiazole rings is 1. The van der Waals surface area contributed by atoms with Crippen LogP contribution in [-0.4, -0.2) is 16.0 Å². The van der Waals surface area contributed by atoms with Gasteiger partial charge in [-0.05, 0) is 42.8 Å². The number of aromatic hydroxyl groups is 1. The fraction of sp³-hybridized carbons (Fsp3) is 0.111. The van der Waals surface area contributed by atoms with Gasteiger partial charge in [0.15, 0.2) is 5.13 Å². The van der Waals surface area contributed by atoms with Crippen LogP contribution in [0.4, 0.5) is 10.8 Å². The molecule has 3 aromatic rings. The molecule has 3 rings (SSSR count). The lowest BCUT2D eigenvalue weighted by Gasteiger charge is -2.10. The van der Waals surface area contributed by atoms with Gasteiger partial charge in [0.1, 0.15) is 18.1 Å². The Morgan fingerprint density at radius 1 is 1.32 bits per heavy atom. The van der Waals surface area contributed by atoms with Crippen molar-refractivity contribution >= 4 is 28.1 Å². The number of nitrogens with one attached hydrogen (secondary N) is 1. The first-order chi connectivity index (χ1) is 12.0. The number of hydrogen-bond donors (Lipinski definition) is 3. The lowest BCUT2D eigenvalue weighted by atomic mass is 10.1. The van der Waals surface area contributed by atoms with Crippen molar-refractivity contribution in [1.82, 2.24) is 4.98 Å². The summed E-state index contributed by atoms with van der Waals surface area (Å²) >= 11 is 1.32. The summed E-state index contributed by atoms with van der Waals surface area (Å²) in [5, 5.41) is 14.9. The molecule has 1 amide bonds. The van der Waals surface area contributed by atoms with Crippen molar-refractivity contribution in [2.75, 3.05) is 11.1 Å². The van der Waals surface area contributed by atoms with Gasteiger partial charge in [-0.25, -0.2) is 4.98 Å². The topological polar surface area (TPSA) is 97.5 Å². The van der Waals surface area contributed by atoms with Gasteiger partial charge in [-0.2, -0.15) is 0 Å². The number of nitrogen functional groups attached to an aromatic ring is 1. The van der Waals surface area contributed by atoms with E-state index in [0.29, 0.717) is 23.2 Å². The van der Waals surface area contributed by atoms with E-state index >= 15 is 0 Å². The average Bonchev–Trinajstić information content (AvgIpc) is 2.99. The summed E-state index contributed by atoms with van der Waals surface area (Å²) < 4.78 is 5.69. The van der Waals surface area contributed by atoms with Gasteiger partial charge in [-0.3, -0.25) is 10.1 Å². The van der Waals surface area contributed by atoms with Gasteiger partial charge >= 0.3 is 0 Å². The number of nitrogens with two attached hydrogens (primary N) is 1. The fourth-order valence-corrected chi connectivity index (χ4v) is 2.90. The number of aryl methyl sites for hydroxylation is 1. The Kier molecular flexibility index (Phi) is 4.85. The van der Waals surface area contributed by atoms with Gasteiger partial charge in [-0.15, -0.1) is 11.3 Å². The highest BCUT2D eigenvalue weighted by molar-refractivity contribution is 7.13. The first-order valence-electron chi connectivity index (χ1n) is 7.55. The van der Waals surface area contributed by atoms with Crippen molar-refractivity contribution < 1.29 is 14.6 Å². The van der Waals surface area contributed by atoms with Gasteiger partial charge < -0.3 is 15.6 Å². The third-order valence-corrected chi connectivity index (χ3v) is 4.28. The second kappa shape index (κ2) is 7.23. The fourth-order valence-electron chi connectivity index (χ4n) is 2.21. The van der Waals surface area contributed by atoms with E-state index in [9.17, 15) is 9.90 Å². The number of amides is 1. The zero-order chi connectivity index (χ0) is 17.8. The van der Waals surface area contributed by atoms with Crippen molar-refractivity contribution in [2.24, 2.45) is 0 Å². The number of ether oxygens (including phenoxy) is 1. The maximum Gasteiger partial charge on any atom is 0.261 e. The third-order valence-electron chi connectivity index (χ3n) is 3.41. The Morgan fingerprint density at radius 3 is 2.88 bits per heavy atom. The number of phenols is 1. The molecule has 7 heteroatoms. The van der Waals surface area contributed by atoms with E-state index in [1.165, 1.54) is 23.5 Å². The first kappa shape index (κ1) is 16.8. The van der Waals surface area contributed by atoms with Crippen LogP contribution in [0.1, 0.15) is 21.6 Å². The molecule has 6 nitrogen and oxygen atoms in total. The van der Waals surface area contributed by atoms with Crippen molar-refractivity contribution in [3.8, 4) is 11.5 Å². The number of carbonyl (C=O) groups excluding carboxylic acids is 1. The van der Waals surface area contributed by atoms with Gasteiger partial charge in [0.25, 0.3) is 5.91 Å². The van der Waals surface area contributed by atoms with E-state index in [2.05, 4.69) is 10.3 Å². The highest BCUT2D eigenvalue weighted by Crippen LogP contribution is 2.25. The SMILES string of the molecule is Cc1csc(NC(=O)c2cc(OCc3cccc(N)c3)ccc2O)n1. The van der Waals surface area contributed by atoms with E-state index in [-0.39, 0.29) is 11.3 Å². The van der Waals surface area contributed by atoms with Crippen LogP contribution in [-0.2, 0) is 6.61 Å². The molecule has 0 spiro atoms. The van der Waals surface area contributed by atoms with Crippen LogP contribution in [0, 0.1) is 6.92 Å². The molecule has 0 saturated carbocycles. The third kappa shape index (κ3) is 4.27. The van der Waals surface area contributed by atoms with E-state index in [4.69, 9.17) is 10.5 Å². The molecule has 1 aromatic heterocycles. The predicted molar refractivity (Wildman–Crippen MR) is 98.1 cm³/mol. The van der Waals surface area contributed by atoms with Gasteiger partial charge in [-0.1, -0.05) is 12.1 Å². The number of anilines is 2. The van der Waals surface area contributed by atoms with Crippen LogP contribution in [0.15, 0.2) is 47.8 Å². The molecule has 128 valence electrons. The summed E-state index contributed by atoms with van der Waals surface area (Å²) in [4.78, 5) is 16.5. The average molecular weight is 355 g/mol. The number of nitrogens with zero attached hydrogens (tertiary/aromatic N) is 1. The highest BCUT2D eigenvalue weighted by Gasteiger charge is 2.14. The molecule has 25 heavy (non-hydrogen) atoms. The normalized spacial score (nSPS) is 10.4. The van der Waals surface area contributed by atoms with E-state index in [1.54, 1.807) is 12.1 Å². The number of hydrogen-bond acceptors (Lipinski definition) is 6. The smallest absolute Gasteiger partial charge is 0.261 e. The van der Waals surface area contributed by atoms with Crippen LogP contribution < -0.4 is 15.8 Å². The standard InChI is InChI=1S/C18H17N3O3S/c1-11-10-25-18(20-11)21-17(23)15-8-14(5-6-16(15)22)24-9-12-3-2-4-13(19)7-12/h2-8,10,22H,9,19H2,1H3,(H,20,21,23). The Hall–Kier alpha value is -3.06. The molecule has 0 unspecified atom stereocenters. The number of rotatable bonds is 5. The van der Waals surface area contributed by atoms with Crippen LogP contribution in [0.25, 0.3) is 0 Å². The van der Waals surface area contributed by atoms with Gasteiger partial charge in [0.05, 0.1) is 11.3 Å². The van der Waals surface area contributed by atoms with E-state index < -0.39 is 5.91 Å². The summed E-state index contributed by atoms with van der Waals surface area (Å²) in [6.45, 7) is 2.15. The summed E-state index contributed by atoms with van der Waals surface area (Å²) in [7, 11) is 0. The molecule has 0 aliphatic rings. The number of aromatic nitrogens is 1. The van der Waals surface area contributed by atoms with Crippen molar-refractivity contribution in [1.29, 1.82) is 0 Å². The zero-order valence-corrected chi connectivity index (χ0v) is 14.3. The maximum atomic E-state index is 12.3. The Morgan fingerprint density at radius 2 is 2.16 bits per heavy atom. The molecule has 0 fully saturated rings. The largest absolute Gasteiger partial charge is 0.507 e. The molecule has 0 aliphatic heterocycles. The maximum absolute atomic E-state index is 12.3. The van der Waals surface area contributed by atoms with E-state index in [1.807, 2.05) is 30.5 Å². The molecule has 4 N–H and O–H groups in total. The summed E-state index contributed by atoms with van der Waals surface area (Å²) in [5.74, 6) is -0.0935. The summed E-state index contributed by atoms with van der Waals surface area (Å²) in [5.41, 5.74) is 8.26. The molecule has 0 saturated heterocycles.